The molecule has 0 amide bonds. The van der Waals surface area contributed by atoms with Gasteiger partial charge in [0.05, 0.1) is 12.7 Å². The van der Waals surface area contributed by atoms with Crippen LogP contribution in [-0.2, 0) is 13.1 Å². The molecule has 0 spiro atoms. The Kier molecular flexibility index (Phi) is 6.00. The van der Waals surface area contributed by atoms with Gasteiger partial charge in [-0.3, -0.25) is 4.68 Å². The molecule has 0 unspecified atom stereocenters. The molecule has 3 nitrogen and oxygen atoms in total. The molecule has 0 saturated heterocycles. The smallest absolute Gasteiger partial charge is 0.0662 e. The van der Waals surface area contributed by atoms with Crippen molar-refractivity contribution in [2.75, 3.05) is 6.54 Å². The first-order valence-corrected chi connectivity index (χ1v) is 8.40. The quantitative estimate of drug-likeness (QED) is 0.754. The number of benzene rings is 1. The molecule has 0 atom stereocenters. The third-order valence-electron chi connectivity index (χ3n) is 3.49. The number of halogens is 1. The lowest BCUT2D eigenvalue weighted by molar-refractivity contribution is 0.605. The summed E-state index contributed by atoms with van der Waals surface area (Å²) in [6.07, 6.45) is 3.17. The highest BCUT2D eigenvalue weighted by Gasteiger charge is 2.14. The van der Waals surface area contributed by atoms with Crippen molar-refractivity contribution in [3.63, 3.8) is 0 Å². The Labute approximate surface area is 135 Å². The van der Waals surface area contributed by atoms with Gasteiger partial charge in [0.1, 0.15) is 0 Å². The highest BCUT2D eigenvalue weighted by atomic mass is 79.9. The normalized spacial score (nSPS) is 11.3. The van der Waals surface area contributed by atoms with E-state index < -0.39 is 0 Å². The van der Waals surface area contributed by atoms with E-state index in [1.807, 2.05) is 6.20 Å². The van der Waals surface area contributed by atoms with E-state index in [0.717, 1.165) is 30.5 Å². The van der Waals surface area contributed by atoms with Crippen LogP contribution in [0.5, 0.6) is 0 Å². The molecule has 4 heteroatoms. The van der Waals surface area contributed by atoms with Crippen LogP contribution in [0.3, 0.4) is 0 Å². The van der Waals surface area contributed by atoms with Crippen molar-refractivity contribution in [1.82, 2.24) is 15.1 Å². The first-order valence-electron chi connectivity index (χ1n) is 7.61. The summed E-state index contributed by atoms with van der Waals surface area (Å²) in [6, 6.07) is 8.45. The summed E-state index contributed by atoms with van der Waals surface area (Å²) in [5.74, 6) is 0.473. The second-order valence-electron chi connectivity index (χ2n) is 5.67. The molecule has 0 aliphatic carbocycles. The van der Waals surface area contributed by atoms with Crippen molar-refractivity contribution in [1.29, 1.82) is 0 Å². The summed E-state index contributed by atoms with van der Waals surface area (Å²) >= 11 is 3.48. The molecule has 0 aliphatic heterocycles. The van der Waals surface area contributed by atoms with Crippen LogP contribution in [0.15, 0.2) is 34.9 Å². The summed E-state index contributed by atoms with van der Waals surface area (Å²) in [4.78, 5) is 0. The Morgan fingerprint density at radius 3 is 2.57 bits per heavy atom. The van der Waals surface area contributed by atoms with Gasteiger partial charge in [-0.1, -0.05) is 48.8 Å². The standard InChI is InChI=1S/C17H24BrN3/c1-4-9-19-10-15-11-20-21(17(15)13(2)3)12-14-5-7-16(18)8-6-14/h5-8,11,13,19H,4,9-10,12H2,1-3H3. The third-order valence-corrected chi connectivity index (χ3v) is 4.02. The highest BCUT2D eigenvalue weighted by molar-refractivity contribution is 9.10. The second kappa shape index (κ2) is 7.76. The summed E-state index contributed by atoms with van der Waals surface area (Å²) in [7, 11) is 0. The summed E-state index contributed by atoms with van der Waals surface area (Å²) < 4.78 is 3.25. The van der Waals surface area contributed by atoms with E-state index in [4.69, 9.17) is 0 Å². The van der Waals surface area contributed by atoms with E-state index in [-0.39, 0.29) is 0 Å². The molecule has 1 aromatic heterocycles. The lowest BCUT2D eigenvalue weighted by Crippen LogP contribution is -2.16. The highest BCUT2D eigenvalue weighted by Crippen LogP contribution is 2.21. The molecule has 0 aliphatic rings. The zero-order valence-corrected chi connectivity index (χ0v) is 14.7. The minimum atomic E-state index is 0.473. The number of nitrogens with zero attached hydrogens (tertiary/aromatic N) is 2. The summed E-state index contributed by atoms with van der Waals surface area (Å²) in [6.45, 7) is 9.44. The Morgan fingerprint density at radius 2 is 1.95 bits per heavy atom. The number of hydrogen-bond acceptors (Lipinski definition) is 2. The predicted octanol–water partition coefficient (Wildman–Crippen LogP) is 4.32. The van der Waals surface area contributed by atoms with Crippen LogP contribution in [-0.4, -0.2) is 16.3 Å². The van der Waals surface area contributed by atoms with Gasteiger partial charge in [-0.15, -0.1) is 0 Å². The molecule has 1 N–H and O–H groups in total. The molecule has 0 bridgehead atoms. The number of rotatable bonds is 7. The predicted molar refractivity (Wildman–Crippen MR) is 91.6 cm³/mol. The van der Waals surface area contributed by atoms with Gasteiger partial charge in [0.2, 0.25) is 0 Å². The van der Waals surface area contributed by atoms with Crippen LogP contribution in [0, 0.1) is 0 Å². The molecule has 2 rings (SSSR count). The van der Waals surface area contributed by atoms with Gasteiger partial charge in [0, 0.05) is 22.3 Å². The van der Waals surface area contributed by atoms with Crippen LogP contribution >= 0.6 is 15.9 Å². The Morgan fingerprint density at radius 1 is 1.24 bits per heavy atom. The van der Waals surface area contributed by atoms with Crippen LogP contribution in [0.25, 0.3) is 0 Å². The summed E-state index contributed by atoms with van der Waals surface area (Å²) in [5.41, 5.74) is 3.92. The monoisotopic (exact) mass is 349 g/mol. The molecule has 1 heterocycles. The van der Waals surface area contributed by atoms with Crippen molar-refractivity contribution in [3.05, 3.63) is 51.8 Å². The van der Waals surface area contributed by atoms with Crippen LogP contribution < -0.4 is 5.32 Å². The number of hydrogen-bond donors (Lipinski definition) is 1. The maximum Gasteiger partial charge on any atom is 0.0662 e. The summed E-state index contributed by atoms with van der Waals surface area (Å²) in [5, 5.41) is 8.07. The fourth-order valence-electron chi connectivity index (χ4n) is 2.53. The van der Waals surface area contributed by atoms with Gasteiger partial charge in [-0.25, -0.2) is 0 Å². The molecule has 21 heavy (non-hydrogen) atoms. The molecule has 1 aromatic carbocycles. The minimum absolute atomic E-state index is 0.473. The van der Waals surface area contributed by atoms with E-state index in [0.29, 0.717) is 5.92 Å². The first kappa shape index (κ1) is 16.2. The lowest BCUT2D eigenvalue weighted by Gasteiger charge is -2.13. The van der Waals surface area contributed by atoms with Crippen molar-refractivity contribution < 1.29 is 0 Å². The largest absolute Gasteiger partial charge is 0.313 e. The van der Waals surface area contributed by atoms with E-state index >= 15 is 0 Å². The molecule has 114 valence electrons. The molecule has 0 fully saturated rings. The zero-order chi connectivity index (χ0) is 15.2. The Balaban J connectivity index is 2.16. The van der Waals surface area contributed by atoms with Crippen molar-refractivity contribution in [2.24, 2.45) is 0 Å². The fourth-order valence-corrected chi connectivity index (χ4v) is 2.79. The van der Waals surface area contributed by atoms with Gasteiger partial charge in [-0.05, 0) is 36.6 Å². The fraction of sp³-hybridized carbons (Fsp3) is 0.471. The lowest BCUT2D eigenvalue weighted by atomic mass is 10.1. The maximum absolute atomic E-state index is 4.60. The molecule has 0 radical (unpaired) electrons. The number of nitrogens with one attached hydrogen (secondary N) is 1. The number of aromatic nitrogens is 2. The van der Waals surface area contributed by atoms with Gasteiger partial charge in [-0.2, -0.15) is 5.10 Å². The van der Waals surface area contributed by atoms with Gasteiger partial charge < -0.3 is 5.32 Å². The molecule has 2 aromatic rings. The molecular formula is C17H24BrN3. The maximum atomic E-state index is 4.60. The Hall–Kier alpha value is -1.13. The van der Waals surface area contributed by atoms with E-state index in [2.05, 4.69) is 76.1 Å². The van der Waals surface area contributed by atoms with Crippen LogP contribution in [0.2, 0.25) is 0 Å². The van der Waals surface area contributed by atoms with E-state index in [1.54, 1.807) is 0 Å². The average molecular weight is 350 g/mol. The minimum Gasteiger partial charge on any atom is -0.313 e. The van der Waals surface area contributed by atoms with Crippen molar-refractivity contribution >= 4 is 15.9 Å². The first-order chi connectivity index (χ1) is 10.1. The zero-order valence-electron chi connectivity index (χ0n) is 13.1. The van der Waals surface area contributed by atoms with Gasteiger partial charge in [0.15, 0.2) is 0 Å². The Bertz CT molecular complexity index is 558. The van der Waals surface area contributed by atoms with E-state index in [9.17, 15) is 0 Å². The van der Waals surface area contributed by atoms with Crippen molar-refractivity contribution in [2.45, 2.75) is 46.2 Å². The molecular weight excluding hydrogens is 326 g/mol. The van der Waals surface area contributed by atoms with Gasteiger partial charge in [0.25, 0.3) is 0 Å². The van der Waals surface area contributed by atoms with Crippen LogP contribution in [0.1, 0.15) is 49.9 Å². The van der Waals surface area contributed by atoms with E-state index in [1.165, 1.54) is 16.8 Å². The van der Waals surface area contributed by atoms with Crippen LogP contribution in [0.4, 0.5) is 0 Å². The van der Waals surface area contributed by atoms with Gasteiger partial charge >= 0.3 is 0 Å². The average Bonchev–Trinajstić information content (AvgIpc) is 2.85. The molecule has 0 saturated carbocycles. The second-order valence-corrected chi connectivity index (χ2v) is 6.59. The third kappa shape index (κ3) is 4.42. The topological polar surface area (TPSA) is 29.9 Å². The van der Waals surface area contributed by atoms with Crippen molar-refractivity contribution in [3.8, 4) is 0 Å². The SMILES string of the molecule is CCCNCc1cnn(Cc2ccc(Br)cc2)c1C(C)C.